The van der Waals surface area contributed by atoms with E-state index in [0.717, 1.165) is 30.6 Å². The van der Waals surface area contributed by atoms with E-state index in [-0.39, 0.29) is 30.1 Å². The number of hydrogen-bond acceptors (Lipinski definition) is 3. The number of piperidine rings is 1. The maximum absolute atomic E-state index is 12.4. The van der Waals surface area contributed by atoms with Crippen molar-refractivity contribution in [3.05, 3.63) is 29.3 Å². The summed E-state index contributed by atoms with van der Waals surface area (Å²) in [5.41, 5.74) is 2.25. The Balaban J connectivity index is 0.00000264. The number of amides is 2. The van der Waals surface area contributed by atoms with Crippen LogP contribution in [0.15, 0.2) is 18.2 Å². The summed E-state index contributed by atoms with van der Waals surface area (Å²) in [5, 5.41) is 9.11. The van der Waals surface area contributed by atoms with Gasteiger partial charge in [0.2, 0.25) is 5.91 Å². The molecule has 128 valence electrons. The van der Waals surface area contributed by atoms with Crippen molar-refractivity contribution in [2.75, 3.05) is 18.4 Å². The molecule has 1 aromatic rings. The molecular formula is C17H26ClN3O2. The SMILES string of the molecule is CCNC(=O)c1ccc(C)c(NC(=O)[C@H]2CCN[C@@H](C)C2)c1.Cl. The first-order valence-corrected chi connectivity index (χ1v) is 7.94. The Morgan fingerprint density at radius 3 is 2.74 bits per heavy atom. The quantitative estimate of drug-likeness (QED) is 0.789. The highest BCUT2D eigenvalue weighted by Gasteiger charge is 2.25. The molecule has 0 unspecified atom stereocenters. The van der Waals surface area contributed by atoms with Gasteiger partial charge in [-0.1, -0.05) is 6.07 Å². The molecule has 1 aromatic carbocycles. The number of nitrogens with one attached hydrogen (secondary N) is 3. The van der Waals surface area contributed by atoms with Crippen LogP contribution in [0, 0.1) is 12.8 Å². The molecule has 2 rings (SSSR count). The summed E-state index contributed by atoms with van der Waals surface area (Å²) in [4.78, 5) is 24.3. The van der Waals surface area contributed by atoms with Gasteiger partial charge in [-0.15, -0.1) is 12.4 Å². The molecule has 0 radical (unpaired) electrons. The summed E-state index contributed by atoms with van der Waals surface area (Å²) in [6.07, 6.45) is 1.70. The summed E-state index contributed by atoms with van der Waals surface area (Å²) in [5.74, 6) is -0.0400. The lowest BCUT2D eigenvalue weighted by Crippen LogP contribution is -2.40. The van der Waals surface area contributed by atoms with Crippen molar-refractivity contribution in [1.29, 1.82) is 0 Å². The average molecular weight is 340 g/mol. The summed E-state index contributed by atoms with van der Waals surface area (Å²) < 4.78 is 0. The summed E-state index contributed by atoms with van der Waals surface area (Å²) in [7, 11) is 0. The number of rotatable bonds is 4. The van der Waals surface area contributed by atoms with Crippen molar-refractivity contribution in [2.45, 2.75) is 39.7 Å². The van der Waals surface area contributed by atoms with E-state index in [1.807, 2.05) is 19.9 Å². The van der Waals surface area contributed by atoms with Crippen molar-refractivity contribution >= 4 is 29.9 Å². The van der Waals surface area contributed by atoms with E-state index >= 15 is 0 Å². The van der Waals surface area contributed by atoms with Gasteiger partial charge >= 0.3 is 0 Å². The highest BCUT2D eigenvalue weighted by atomic mass is 35.5. The Hall–Kier alpha value is -1.59. The van der Waals surface area contributed by atoms with Gasteiger partial charge in [0, 0.05) is 29.8 Å². The number of benzene rings is 1. The Labute approximate surface area is 144 Å². The summed E-state index contributed by atoms with van der Waals surface area (Å²) in [6.45, 7) is 7.37. The molecule has 1 aliphatic rings. The molecule has 3 N–H and O–H groups in total. The normalized spacial score (nSPS) is 20.3. The van der Waals surface area contributed by atoms with Gasteiger partial charge in [0.15, 0.2) is 0 Å². The van der Waals surface area contributed by atoms with Gasteiger partial charge in [0.05, 0.1) is 0 Å². The lowest BCUT2D eigenvalue weighted by molar-refractivity contribution is -0.120. The molecule has 1 aliphatic heterocycles. The zero-order valence-electron chi connectivity index (χ0n) is 13.9. The van der Waals surface area contributed by atoms with Gasteiger partial charge < -0.3 is 16.0 Å². The van der Waals surface area contributed by atoms with Crippen molar-refractivity contribution in [3.63, 3.8) is 0 Å². The fourth-order valence-electron chi connectivity index (χ4n) is 2.77. The molecule has 1 saturated heterocycles. The van der Waals surface area contributed by atoms with Gasteiger partial charge in [-0.3, -0.25) is 9.59 Å². The van der Waals surface area contributed by atoms with E-state index < -0.39 is 0 Å². The van der Waals surface area contributed by atoms with E-state index in [0.29, 0.717) is 18.2 Å². The second-order valence-electron chi connectivity index (χ2n) is 5.95. The molecule has 0 spiro atoms. The van der Waals surface area contributed by atoms with Crippen LogP contribution in [-0.2, 0) is 4.79 Å². The molecular weight excluding hydrogens is 314 g/mol. The Bertz CT molecular complexity index is 563. The maximum atomic E-state index is 12.4. The summed E-state index contributed by atoms with van der Waals surface area (Å²) >= 11 is 0. The third-order valence-corrected chi connectivity index (χ3v) is 4.09. The number of carbonyl (C=O) groups is 2. The van der Waals surface area contributed by atoms with Gasteiger partial charge in [0.25, 0.3) is 5.91 Å². The zero-order chi connectivity index (χ0) is 16.1. The van der Waals surface area contributed by atoms with Crippen LogP contribution in [0.5, 0.6) is 0 Å². The van der Waals surface area contributed by atoms with Crippen molar-refractivity contribution in [2.24, 2.45) is 5.92 Å². The number of aryl methyl sites for hydroxylation is 1. The lowest BCUT2D eigenvalue weighted by atomic mass is 9.92. The van der Waals surface area contributed by atoms with E-state index in [4.69, 9.17) is 0 Å². The van der Waals surface area contributed by atoms with Crippen LogP contribution in [0.3, 0.4) is 0 Å². The second-order valence-corrected chi connectivity index (χ2v) is 5.95. The Morgan fingerprint density at radius 2 is 2.09 bits per heavy atom. The smallest absolute Gasteiger partial charge is 0.251 e. The second kappa shape index (κ2) is 8.89. The molecule has 23 heavy (non-hydrogen) atoms. The zero-order valence-corrected chi connectivity index (χ0v) is 14.8. The molecule has 1 heterocycles. The molecule has 0 saturated carbocycles. The van der Waals surface area contributed by atoms with E-state index in [1.165, 1.54) is 0 Å². The lowest BCUT2D eigenvalue weighted by Gasteiger charge is -2.27. The van der Waals surface area contributed by atoms with E-state index in [1.54, 1.807) is 12.1 Å². The molecule has 1 fully saturated rings. The Morgan fingerprint density at radius 1 is 1.35 bits per heavy atom. The minimum absolute atomic E-state index is 0. The first kappa shape index (κ1) is 19.5. The van der Waals surface area contributed by atoms with Crippen molar-refractivity contribution < 1.29 is 9.59 Å². The molecule has 2 amide bonds. The van der Waals surface area contributed by atoms with Gasteiger partial charge in [0.1, 0.15) is 0 Å². The van der Waals surface area contributed by atoms with Crippen LogP contribution in [0.1, 0.15) is 42.6 Å². The fourth-order valence-corrected chi connectivity index (χ4v) is 2.77. The predicted molar refractivity (Wildman–Crippen MR) is 95.3 cm³/mol. The van der Waals surface area contributed by atoms with Crippen LogP contribution < -0.4 is 16.0 Å². The van der Waals surface area contributed by atoms with Gasteiger partial charge in [-0.05, 0) is 57.9 Å². The van der Waals surface area contributed by atoms with E-state index in [2.05, 4.69) is 22.9 Å². The largest absolute Gasteiger partial charge is 0.352 e. The molecule has 6 heteroatoms. The van der Waals surface area contributed by atoms with Gasteiger partial charge in [-0.25, -0.2) is 0 Å². The minimum atomic E-state index is -0.117. The maximum Gasteiger partial charge on any atom is 0.251 e. The standard InChI is InChI=1S/C17H25N3O2.ClH/c1-4-18-16(21)13-6-5-11(2)15(10-13)20-17(22)14-7-8-19-12(3)9-14;/h5-6,10,12,14,19H,4,7-9H2,1-3H3,(H,18,21)(H,20,22);1H/t12-,14-;/m0./s1. The molecule has 2 atom stereocenters. The molecule has 0 aromatic heterocycles. The number of carbonyl (C=O) groups excluding carboxylic acids is 2. The average Bonchev–Trinajstić information content (AvgIpc) is 2.49. The fraction of sp³-hybridized carbons (Fsp3) is 0.529. The van der Waals surface area contributed by atoms with Crippen LogP contribution in [-0.4, -0.2) is 30.9 Å². The third-order valence-electron chi connectivity index (χ3n) is 4.09. The van der Waals surface area contributed by atoms with Crippen LogP contribution in [0.2, 0.25) is 0 Å². The topological polar surface area (TPSA) is 70.2 Å². The first-order chi connectivity index (χ1) is 10.5. The monoisotopic (exact) mass is 339 g/mol. The van der Waals surface area contributed by atoms with Gasteiger partial charge in [-0.2, -0.15) is 0 Å². The number of anilines is 1. The van der Waals surface area contributed by atoms with E-state index in [9.17, 15) is 9.59 Å². The molecule has 5 nitrogen and oxygen atoms in total. The minimum Gasteiger partial charge on any atom is -0.352 e. The first-order valence-electron chi connectivity index (χ1n) is 7.94. The highest BCUT2D eigenvalue weighted by molar-refractivity contribution is 5.98. The molecule has 0 bridgehead atoms. The van der Waals surface area contributed by atoms with Crippen molar-refractivity contribution in [1.82, 2.24) is 10.6 Å². The third kappa shape index (κ3) is 5.22. The van der Waals surface area contributed by atoms with Crippen LogP contribution in [0.4, 0.5) is 5.69 Å². The van der Waals surface area contributed by atoms with Crippen molar-refractivity contribution in [3.8, 4) is 0 Å². The highest BCUT2D eigenvalue weighted by Crippen LogP contribution is 2.21. The Kier molecular flexibility index (Phi) is 7.52. The number of hydrogen-bond donors (Lipinski definition) is 3. The predicted octanol–water partition coefficient (Wildman–Crippen LogP) is 2.49. The molecule has 0 aliphatic carbocycles. The summed E-state index contributed by atoms with van der Waals surface area (Å²) in [6, 6.07) is 5.77. The van der Waals surface area contributed by atoms with Crippen LogP contribution in [0.25, 0.3) is 0 Å². The van der Waals surface area contributed by atoms with Crippen LogP contribution >= 0.6 is 12.4 Å². The number of halogens is 1.